The highest BCUT2D eigenvalue weighted by molar-refractivity contribution is 6.32. The predicted molar refractivity (Wildman–Crippen MR) is 125 cm³/mol. The molecule has 172 valence electrons. The molecule has 0 bridgehead atoms. The zero-order chi connectivity index (χ0) is 22.3. The van der Waals surface area contributed by atoms with Crippen LogP contribution in [0.3, 0.4) is 0 Å². The minimum Gasteiger partial charge on any atom is -0.343 e. The molecule has 3 heterocycles. The standard InChI is InChI=1S/C23H32ClN7O/c1-15(32)31-11-9-23(10-12-31)7-5-17(6-8-23)30(2)22-25-14-18(24)21(27-22)26-20-13-19(28-29-20)16-3-4-16/h13-14,16-17H,3-12H2,1-2H3,(H2,25,26,27,28,29). The Balaban J connectivity index is 1.21. The molecule has 0 radical (unpaired) electrons. The number of piperidine rings is 1. The van der Waals surface area contributed by atoms with Crippen LogP contribution >= 0.6 is 11.6 Å². The lowest BCUT2D eigenvalue weighted by Gasteiger charge is -2.47. The number of aromatic amines is 1. The van der Waals surface area contributed by atoms with Crippen molar-refractivity contribution in [2.45, 2.75) is 70.3 Å². The second-order valence-electron chi connectivity index (χ2n) is 9.82. The Hall–Kier alpha value is -2.35. The molecule has 2 saturated carbocycles. The van der Waals surface area contributed by atoms with E-state index in [0.717, 1.165) is 44.6 Å². The molecular formula is C23H32ClN7O. The second-order valence-corrected chi connectivity index (χ2v) is 10.2. The SMILES string of the molecule is CC(=O)N1CCC2(CCC(N(C)c3ncc(Cl)c(Nc4cc(C5CC5)[nH]n4)n3)CC2)CC1. The number of halogens is 1. The highest BCUT2D eigenvalue weighted by Gasteiger charge is 2.39. The predicted octanol–water partition coefficient (Wildman–Crippen LogP) is 4.48. The van der Waals surface area contributed by atoms with Crippen molar-refractivity contribution in [2.24, 2.45) is 5.41 Å². The lowest BCUT2D eigenvalue weighted by molar-refractivity contribution is -0.131. The summed E-state index contributed by atoms with van der Waals surface area (Å²) in [5.41, 5.74) is 1.57. The molecule has 3 fully saturated rings. The van der Waals surface area contributed by atoms with E-state index in [-0.39, 0.29) is 5.91 Å². The second kappa shape index (κ2) is 8.54. The molecule has 8 nitrogen and oxygen atoms in total. The van der Waals surface area contributed by atoms with Gasteiger partial charge in [-0.1, -0.05) is 11.6 Å². The Bertz CT molecular complexity index is 970. The minimum atomic E-state index is 0.205. The maximum atomic E-state index is 11.7. The monoisotopic (exact) mass is 457 g/mol. The molecule has 5 rings (SSSR count). The van der Waals surface area contributed by atoms with Crippen molar-refractivity contribution in [3.63, 3.8) is 0 Å². The van der Waals surface area contributed by atoms with Gasteiger partial charge in [-0.15, -0.1) is 0 Å². The number of nitrogens with zero attached hydrogens (tertiary/aromatic N) is 5. The van der Waals surface area contributed by atoms with Gasteiger partial charge in [-0.3, -0.25) is 9.89 Å². The first-order chi connectivity index (χ1) is 15.4. The van der Waals surface area contributed by atoms with Gasteiger partial charge in [-0.2, -0.15) is 10.1 Å². The molecule has 2 aromatic heterocycles. The molecule has 32 heavy (non-hydrogen) atoms. The molecule has 2 aromatic rings. The van der Waals surface area contributed by atoms with Crippen LogP contribution in [0.2, 0.25) is 5.02 Å². The van der Waals surface area contributed by atoms with Crippen LogP contribution < -0.4 is 10.2 Å². The number of likely N-dealkylation sites (tertiary alicyclic amines) is 1. The molecule has 0 unspecified atom stereocenters. The van der Waals surface area contributed by atoms with E-state index in [1.807, 2.05) is 11.0 Å². The molecule has 2 aliphatic carbocycles. The van der Waals surface area contributed by atoms with Crippen molar-refractivity contribution in [3.8, 4) is 0 Å². The Morgan fingerprint density at radius 3 is 2.59 bits per heavy atom. The zero-order valence-electron chi connectivity index (χ0n) is 18.9. The van der Waals surface area contributed by atoms with Crippen molar-refractivity contribution in [3.05, 3.63) is 23.0 Å². The fourth-order valence-corrected chi connectivity index (χ4v) is 5.44. The smallest absolute Gasteiger partial charge is 0.227 e. The number of carbonyl (C=O) groups excluding carboxylic acids is 1. The number of H-pyrrole nitrogens is 1. The zero-order valence-corrected chi connectivity index (χ0v) is 19.7. The normalized spacial score (nSPS) is 21.0. The first-order valence-corrected chi connectivity index (χ1v) is 12.1. The van der Waals surface area contributed by atoms with Crippen LogP contribution in [0, 0.1) is 5.41 Å². The third-order valence-electron chi connectivity index (χ3n) is 7.74. The van der Waals surface area contributed by atoms with E-state index in [0.29, 0.717) is 34.2 Å². The maximum Gasteiger partial charge on any atom is 0.227 e. The molecule has 1 spiro atoms. The van der Waals surface area contributed by atoms with Gasteiger partial charge < -0.3 is 15.1 Å². The van der Waals surface area contributed by atoms with Crippen molar-refractivity contribution in [2.75, 3.05) is 30.4 Å². The summed E-state index contributed by atoms with van der Waals surface area (Å²) in [6.07, 6.45) is 11.0. The first kappa shape index (κ1) is 21.5. The van der Waals surface area contributed by atoms with Crippen molar-refractivity contribution >= 4 is 35.1 Å². The van der Waals surface area contributed by atoms with Crippen LogP contribution in [0.5, 0.6) is 0 Å². The van der Waals surface area contributed by atoms with E-state index in [9.17, 15) is 4.79 Å². The molecule has 3 aliphatic rings. The Kier molecular flexibility index (Phi) is 5.73. The van der Waals surface area contributed by atoms with E-state index in [4.69, 9.17) is 16.6 Å². The Morgan fingerprint density at radius 1 is 1.22 bits per heavy atom. The van der Waals surface area contributed by atoms with Gasteiger partial charge >= 0.3 is 0 Å². The summed E-state index contributed by atoms with van der Waals surface area (Å²) >= 11 is 6.38. The van der Waals surface area contributed by atoms with Gasteiger partial charge in [0.2, 0.25) is 11.9 Å². The summed E-state index contributed by atoms with van der Waals surface area (Å²) in [4.78, 5) is 25.1. The van der Waals surface area contributed by atoms with Crippen molar-refractivity contribution < 1.29 is 4.79 Å². The highest BCUT2D eigenvalue weighted by atomic mass is 35.5. The third-order valence-corrected chi connectivity index (χ3v) is 8.02. The number of aromatic nitrogens is 4. The summed E-state index contributed by atoms with van der Waals surface area (Å²) in [5, 5.41) is 11.2. The number of rotatable bonds is 5. The van der Waals surface area contributed by atoms with E-state index >= 15 is 0 Å². The summed E-state index contributed by atoms with van der Waals surface area (Å²) in [6.45, 7) is 3.48. The summed E-state index contributed by atoms with van der Waals surface area (Å²) in [6, 6.07) is 2.45. The molecule has 0 aromatic carbocycles. The minimum absolute atomic E-state index is 0.205. The van der Waals surface area contributed by atoms with E-state index in [1.165, 1.54) is 31.4 Å². The topological polar surface area (TPSA) is 90.0 Å². The average Bonchev–Trinajstić information content (AvgIpc) is 3.54. The van der Waals surface area contributed by atoms with Crippen LogP contribution in [-0.2, 0) is 4.79 Å². The van der Waals surface area contributed by atoms with Crippen LogP contribution in [0.25, 0.3) is 0 Å². The number of nitrogens with one attached hydrogen (secondary N) is 2. The number of anilines is 3. The Labute approximate surface area is 194 Å². The first-order valence-electron chi connectivity index (χ1n) is 11.8. The molecule has 1 amide bonds. The fraction of sp³-hybridized carbons (Fsp3) is 0.652. The van der Waals surface area contributed by atoms with Gasteiger partial charge in [0.15, 0.2) is 11.6 Å². The van der Waals surface area contributed by atoms with Gasteiger partial charge in [0.1, 0.15) is 5.02 Å². The van der Waals surface area contributed by atoms with E-state index in [2.05, 4.69) is 32.4 Å². The lowest BCUT2D eigenvalue weighted by Crippen LogP contribution is -2.46. The van der Waals surface area contributed by atoms with E-state index in [1.54, 1.807) is 13.1 Å². The summed E-state index contributed by atoms with van der Waals surface area (Å²) in [5.74, 6) is 2.82. The molecule has 9 heteroatoms. The average molecular weight is 458 g/mol. The molecule has 2 N–H and O–H groups in total. The maximum absolute atomic E-state index is 11.7. The van der Waals surface area contributed by atoms with E-state index < -0.39 is 0 Å². The largest absolute Gasteiger partial charge is 0.343 e. The van der Waals surface area contributed by atoms with Gasteiger partial charge in [0.05, 0.1) is 6.20 Å². The number of carbonyl (C=O) groups is 1. The van der Waals surface area contributed by atoms with Gasteiger partial charge in [-0.25, -0.2) is 4.98 Å². The molecular weight excluding hydrogens is 426 g/mol. The molecule has 1 saturated heterocycles. The van der Waals surface area contributed by atoms with Crippen molar-refractivity contribution in [1.29, 1.82) is 0 Å². The lowest BCUT2D eigenvalue weighted by atomic mass is 9.67. The molecule has 1 aliphatic heterocycles. The van der Waals surface area contributed by atoms with Gasteiger partial charge in [-0.05, 0) is 56.8 Å². The summed E-state index contributed by atoms with van der Waals surface area (Å²) in [7, 11) is 2.08. The Morgan fingerprint density at radius 2 is 1.94 bits per heavy atom. The fourth-order valence-electron chi connectivity index (χ4n) is 5.30. The quantitative estimate of drug-likeness (QED) is 0.687. The van der Waals surface area contributed by atoms with Crippen molar-refractivity contribution in [1.82, 2.24) is 25.1 Å². The van der Waals surface area contributed by atoms with Crippen LogP contribution in [-0.4, -0.2) is 57.2 Å². The number of hydrogen-bond donors (Lipinski definition) is 2. The van der Waals surface area contributed by atoms with Crippen LogP contribution in [0.1, 0.15) is 69.9 Å². The summed E-state index contributed by atoms with van der Waals surface area (Å²) < 4.78 is 0. The third kappa shape index (κ3) is 4.42. The molecule has 0 atom stereocenters. The van der Waals surface area contributed by atoms with Gasteiger partial charge in [0.25, 0.3) is 0 Å². The van der Waals surface area contributed by atoms with Gasteiger partial charge in [0, 0.05) is 50.8 Å². The highest BCUT2D eigenvalue weighted by Crippen LogP contribution is 2.46. The number of hydrogen-bond acceptors (Lipinski definition) is 6. The number of amides is 1. The van der Waals surface area contributed by atoms with Crippen LogP contribution in [0.15, 0.2) is 12.3 Å². The van der Waals surface area contributed by atoms with Crippen LogP contribution in [0.4, 0.5) is 17.6 Å².